The van der Waals surface area contributed by atoms with E-state index in [1.54, 1.807) is 30.3 Å². The van der Waals surface area contributed by atoms with Gasteiger partial charge in [0.2, 0.25) is 0 Å². The van der Waals surface area contributed by atoms with Crippen molar-refractivity contribution in [3.63, 3.8) is 0 Å². The summed E-state index contributed by atoms with van der Waals surface area (Å²) in [5.41, 5.74) is 3.64. The molecule has 0 saturated carbocycles. The Bertz CT molecular complexity index is 891. The van der Waals surface area contributed by atoms with Crippen LogP contribution in [0, 0.1) is 5.41 Å². The molecule has 2 N–H and O–H groups in total. The summed E-state index contributed by atoms with van der Waals surface area (Å²) in [5.74, 6) is -0.827. The molecule has 0 aromatic heterocycles. The molecular formula is C25H28O4. The SMILES string of the molecule is C=CC(C)=CC(C)(CO)CC(=O)CCc1ccc(-c2ccc(C(=O)O)cc2)cc1. The predicted molar refractivity (Wildman–Crippen MR) is 116 cm³/mol. The molecular weight excluding hydrogens is 364 g/mol. The van der Waals surface area contributed by atoms with Crippen LogP contribution in [0.3, 0.4) is 0 Å². The van der Waals surface area contributed by atoms with Gasteiger partial charge >= 0.3 is 5.97 Å². The summed E-state index contributed by atoms with van der Waals surface area (Å²) in [6, 6.07) is 14.7. The third-order valence-corrected chi connectivity index (χ3v) is 4.97. The van der Waals surface area contributed by atoms with Gasteiger partial charge in [0.05, 0.1) is 12.2 Å². The van der Waals surface area contributed by atoms with E-state index in [9.17, 15) is 14.7 Å². The lowest BCUT2D eigenvalue weighted by molar-refractivity contribution is -0.121. The zero-order valence-electron chi connectivity index (χ0n) is 17.0. The minimum atomic E-state index is -0.941. The summed E-state index contributed by atoms with van der Waals surface area (Å²) in [6.07, 6.45) is 4.98. The molecule has 0 radical (unpaired) electrons. The predicted octanol–water partition coefficient (Wildman–Crippen LogP) is 5.07. The lowest BCUT2D eigenvalue weighted by atomic mass is 9.83. The average Bonchev–Trinajstić information content (AvgIpc) is 2.72. The Morgan fingerprint density at radius 2 is 1.59 bits per heavy atom. The summed E-state index contributed by atoms with van der Waals surface area (Å²) in [5, 5.41) is 18.7. The molecule has 0 fully saturated rings. The second-order valence-electron chi connectivity index (χ2n) is 7.70. The summed E-state index contributed by atoms with van der Waals surface area (Å²) in [6.45, 7) is 7.41. The van der Waals surface area contributed by atoms with E-state index < -0.39 is 11.4 Å². The minimum Gasteiger partial charge on any atom is -0.478 e. The number of aliphatic hydroxyl groups is 1. The van der Waals surface area contributed by atoms with Crippen LogP contribution in [-0.4, -0.2) is 28.6 Å². The standard InChI is InChI=1S/C25H28O4/c1-4-18(2)15-25(3,17-26)16-23(27)14-7-19-5-8-20(9-6-19)21-10-12-22(13-11-21)24(28)29/h4-6,8-13,15,26H,1,7,14,16-17H2,2-3H3,(H,28,29). The molecule has 29 heavy (non-hydrogen) atoms. The fourth-order valence-corrected chi connectivity index (χ4v) is 3.25. The number of aliphatic hydroxyl groups excluding tert-OH is 1. The van der Waals surface area contributed by atoms with Crippen molar-refractivity contribution < 1.29 is 19.8 Å². The molecule has 0 aliphatic heterocycles. The fraction of sp³-hybridized carbons (Fsp3) is 0.280. The van der Waals surface area contributed by atoms with E-state index in [-0.39, 0.29) is 18.0 Å². The average molecular weight is 392 g/mol. The van der Waals surface area contributed by atoms with E-state index in [0.29, 0.717) is 19.3 Å². The molecule has 2 aromatic rings. The van der Waals surface area contributed by atoms with Crippen molar-refractivity contribution in [1.82, 2.24) is 0 Å². The van der Waals surface area contributed by atoms with Gasteiger partial charge in [-0.25, -0.2) is 4.79 Å². The monoisotopic (exact) mass is 392 g/mol. The number of carboxylic acids is 1. The largest absolute Gasteiger partial charge is 0.478 e. The number of hydrogen-bond donors (Lipinski definition) is 2. The molecule has 0 heterocycles. The smallest absolute Gasteiger partial charge is 0.335 e. The number of carbonyl (C=O) groups is 2. The Hall–Kier alpha value is -2.98. The number of benzene rings is 2. The second kappa shape index (κ2) is 9.99. The van der Waals surface area contributed by atoms with Crippen LogP contribution in [0.15, 0.2) is 72.8 Å². The molecule has 0 saturated heterocycles. The number of hydrogen-bond acceptors (Lipinski definition) is 3. The number of aryl methyl sites for hydroxylation is 1. The van der Waals surface area contributed by atoms with Crippen LogP contribution in [0.25, 0.3) is 11.1 Å². The maximum Gasteiger partial charge on any atom is 0.335 e. The number of ketones is 1. The Balaban J connectivity index is 1.96. The highest BCUT2D eigenvalue weighted by molar-refractivity contribution is 5.88. The van der Waals surface area contributed by atoms with Crippen molar-refractivity contribution >= 4 is 11.8 Å². The molecule has 0 aliphatic carbocycles. The quantitative estimate of drug-likeness (QED) is 0.553. The molecule has 0 spiro atoms. The zero-order valence-corrected chi connectivity index (χ0v) is 17.0. The molecule has 4 nitrogen and oxygen atoms in total. The van der Waals surface area contributed by atoms with Gasteiger partial charge in [0, 0.05) is 18.3 Å². The molecule has 0 amide bonds. The topological polar surface area (TPSA) is 74.6 Å². The molecule has 0 aliphatic rings. The lowest BCUT2D eigenvalue weighted by Crippen LogP contribution is -2.23. The van der Waals surface area contributed by atoms with E-state index in [0.717, 1.165) is 22.3 Å². The Morgan fingerprint density at radius 1 is 1.03 bits per heavy atom. The normalized spacial score (nSPS) is 13.6. The van der Waals surface area contributed by atoms with Crippen molar-refractivity contribution in [2.45, 2.75) is 33.1 Å². The van der Waals surface area contributed by atoms with Gasteiger partial charge in [-0.3, -0.25) is 4.79 Å². The van der Waals surface area contributed by atoms with Crippen molar-refractivity contribution in [2.24, 2.45) is 5.41 Å². The van der Waals surface area contributed by atoms with Gasteiger partial charge in [-0.05, 0) is 42.2 Å². The van der Waals surface area contributed by atoms with E-state index >= 15 is 0 Å². The van der Waals surface area contributed by atoms with Crippen LogP contribution in [0.4, 0.5) is 0 Å². The lowest BCUT2D eigenvalue weighted by Gasteiger charge is -2.23. The first-order chi connectivity index (χ1) is 13.8. The maximum absolute atomic E-state index is 12.4. The van der Waals surface area contributed by atoms with E-state index in [1.165, 1.54) is 0 Å². The number of allylic oxidation sites excluding steroid dienone is 2. The third-order valence-electron chi connectivity index (χ3n) is 4.97. The summed E-state index contributed by atoms with van der Waals surface area (Å²) in [7, 11) is 0. The number of carboxylic acid groups (broad SMARTS) is 1. The molecule has 4 heteroatoms. The van der Waals surface area contributed by atoms with Crippen LogP contribution >= 0.6 is 0 Å². The van der Waals surface area contributed by atoms with Gasteiger partial charge in [-0.1, -0.05) is 67.6 Å². The number of carbonyl (C=O) groups excluding carboxylic acids is 1. The van der Waals surface area contributed by atoms with Crippen LogP contribution in [0.1, 0.15) is 42.6 Å². The van der Waals surface area contributed by atoms with Crippen LogP contribution in [0.2, 0.25) is 0 Å². The summed E-state index contributed by atoms with van der Waals surface area (Å²) in [4.78, 5) is 23.4. The summed E-state index contributed by atoms with van der Waals surface area (Å²) < 4.78 is 0. The zero-order chi connectivity index (χ0) is 21.4. The van der Waals surface area contributed by atoms with Crippen molar-refractivity contribution in [3.05, 3.63) is 84.0 Å². The van der Waals surface area contributed by atoms with Gasteiger partial charge in [0.25, 0.3) is 0 Å². The fourth-order valence-electron chi connectivity index (χ4n) is 3.25. The van der Waals surface area contributed by atoms with Gasteiger partial charge in [0.1, 0.15) is 5.78 Å². The van der Waals surface area contributed by atoms with E-state index in [4.69, 9.17) is 5.11 Å². The van der Waals surface area contributed by atoms with Crippen molar-refractivity contribution in [1.29, 1.82) is 0 Å². The third kappa shape index (κ3) is 6.54. The Morgan fingerprint density at radius 3 is 2.07 bits per heavy atom. The first kappa shape index (κ1) is 22.3. The number of aromatic carboxylic acids is 1. The molecule has 0 bridgehead atoms. The second-order valence-corrected chi connectivity index (χ2v) is 7.70. The van der Waals surface area contributed by atoms with E-state index in [1.807, 2.05) is 44.2 Å². The van der Waals surface area contributed by atoms with Gasteiger partial charge < -0.3 is 10.2 Å². The molecule has 2 rings (SSSR count). The number of Topliss-reactive ketones (excluding diaryl/α,β-unsaturated/α-hetero) is 1. The first-order valence-corrected chi connectivity index (χ1v) is 9.63. The Kier molecular flexibility index (Phi) is 7.68. The van der Waals surface area contributed by atoms with Gasteiger partial charge in [0.15, 0.2) is 0 Å². The highest BCUT2D eigenvalue weighted by Crippen LogP contribution is 2.26. The van der Waals surface area contributed by atoms with Crippen molar-refractivity contribution in [3.8, 4) is 11.1 Å². The molecule has 152 valence electrons. The van der Waals surface area contributed by atoms with Crippen molar-refractivity contribution in [2.75, 3.05) is 6.61 Å². The van der Waals surface area contributed by atoms with Crippen LogP contribution in [0.5, 0.6) is 0 Å². The number of rotatable bonds is 10. The van der Waals surface area contributed by atoms with Crippen LogP contribution in [-0.2, 0) is 11.2 Å². The molecule has 1 unspecified atom stereocenters. The summed E-state index contributed by atoms with van der Waals surface area (Å²) >= 11 is 0. The Labute approximate surface area is 172 Å². The highest BCUT2D eigenvalue weighted by atomic mass is 16.4. The maximum atomic E-state index is 12.4. The van der Waals surface area contributed by atoms with Gasteiger partial charge in [-0.2, -0.15) is 0 Å². The first-order valence-electron chi connectivity index (χ1n) is 9.63. The van der Waals surface area contributed by atoms with Gasteiger partial charge in [-0.15, -0.1) is 0 Å². The van der Waals surface area contributed by atoms with Crippen LogP contribution < -0.4 is 0 Å². The highest BCUT2D eigenvalue weighted by Gasteiger charge is 2.24. The molecule has 2 aromatic carbocycles. The molecule has 1 atom stereocenters. The van der Waals surface area contributed by atoms with E-state index in [2.05, 4.69) is 6.58 Å². The minimum absolute atomic E-state index is 0.0840.